The van der Waals surface area contributed by atoms with Crippen LogP contribution in [-0.2, 0) is 17.9 Å². The average molecular weight is 289 g/mol. The van der Waals surface area contributed by atoms with Crippen molar-refractivity contribution in [1.82, 2.24) is 9.55 Å². The summed E-state index contributed by atoms with van der Waals surface area (Å²) in [5.41, 5.74) is 1.31. The van der Waals surface area contributed by atoms with Crippen LogP contribution < -0.4 is 10.1 Å². The molecule has 0 aliphatic heterocycles. The summed E-state index contributed by atoms with van der Waals surface area (Å²) in [5.74, 6) is 0.549. The number of hydrogen-bond acceptors (Lipinski definition) is 4. The number of hydrogen-bond donors (Lipinski definition) is 2. The number of amides is 1. The Morgan fingerprint density at radius 2 is 2.33 bits per heavy atom. The lowest BCUT2D eigenvalue weighted by Gasteiger charge is -2.11. The fraction of sp³-hybridized carbons (Fsp3) is 0.333. The molecule has 0 aliphatic carbocycles. The third-order valence-electron chi connectivity index (χ3n) is 2.97. The van der Waals surface area contributed by atoms with E-state index in [0.29, 0.717) is 36.6 Å². The van der Waals surface area contributed by atoms with Crippen molar-refractivity contribution in [3.8, 4) is 5.75 Å². The Hall–Kier alpha value is -2.34. The molecular weight excluding hydrogens is 270 g/mol. The van der Waals surface area contributed by atoms with Gasteiger partial charge >= 0.3 is 0 Å². The summed E-state index contributed by atoms with van der Waals surface area (Å²) in [4.78, 5) is 15.8. The molecule has 0 radical (unpaired) electrons. The van der Waals surface area contributed by atoms with Gasteiger partial charge in [-0.15, -0.1) is 0 Å². The number of ether oxygens (including phenoxy) is 1. The molecule has 0 unspecified atom stereocenters. The number of benzene rings is 1. The van der Waals surface area contributed by atoms with Gasteiger partial charge in [-0.25, -0.2) is 4.98 Å². The van der Waals surface area contributed by atoms with Gasteiger partial charge in [0, 0.05) is 36.6 Å². The number of aliphatic hydroxyl groups is 1. The van der Waals surface area contributed by atoms with Crippen molar-refractivity contribution in [2.24, 2.45) is 0 Å². The molecule has 6 nitrogen and oxygen atoms in total. The number of nitrogens with one attached hydrogen (secondary N) is 1. The van der Waals surface area contributed by atoms with Gasteiger partial charge in [0.2, 0.25) is 5.91 Å². The first kappa shape index (κ1) is 15.1. The monoisotopic (exact) mass is 289 g/mol. The van der Waals surface area contributed by atoms with Crippen LogP contribution >= 0.6 is 0 Å². The van der Waals surface area contributed by atoms with Crippen molar-refractivity contribution in [3.63, 3.8) is 0 Å². The third-order valence-corrected chi connectivity index (χ3v) is 2.97. The predicted octanol–water partition coefficient (Wildman–Crippen LogP) is 1.80. The lowest BCUT2D eigenvalue weighted by Crippen LogP contribution is -2.14. The quantitative estimate of drug-likeness (QED) is 0.815. The number of anilines is 1. The zero-order chi connectivity index (χ0) is 15.1. The summed E-state index contributed by atoms with van der Waals surface area (Å²) in [6.07, 6.45) is 5.53. The molecule has 112 valence electrons. The smallest absolute Gasteiger partial charge is 0.226 e. The molecular formula is C15H19N3O3. The maximum atomic E-state index is 11.9. The maximum Gasteiger partial charge on any atom is 0.226 e. The van der Waals surface area contributed by atoms with Gasteiger partial charge in [0.1, 0.15) is 5.75 Å². The van der Waals surface area contributed by atoms with E-state index in [-0.39, 0.29) is 12.5 Å². The molecule has 2 N–H and O–H groups in total. The Labute approximate surface area is 123 Å². The normalized spacial score (nSPS) is 10.4. The Bertz CT molecular complexity index is 582. The van der Waals surface area contributed by atoms with Crippen molar-refractivity contribution in [3.05, 3.63) is 42.5 Å². The number of aryl methyl sites for hydroxylation is 1. The highest BCUT2D eigenvalue weighted by Gasteiger charge is 2.07. The molecule has 1 aromatic carbocycles. The van der Waals surface area contributed by atoms with Crippen LogP contribution in [-0.4, -0.2) is 27.2 Å². The highest BCUT2D eigenvalue weighted by Crippen LogP contribution is 2.23. The highest BCUT2D eigenvalue weighted by atomic mass is 16.5. The maximum absolute atomic E-state index is 11.9. The number of aliphatic hydroxyl groups excluding tert-OH is 1. The molecule has 6 heteroatoms. The van der Waals surface area contributed by atoms with E-state index in [1.54, 1.807) is 30.7 Å². The first-order chi connectivity index (χ1) is 10.2. The molecule has 1 aromatic heterocycles. The summed E-state index contributed by atoms with van der Waals surface area (Å²) in [6, 6.07) is 5.24. The predicted molar refractivity (Wildman–Crippen MR) is 79.0 cm³/mol. The highest BCUT2D eigenvalue weighted by molar-refractivity contribution is 5.90. The number of carbonyl (C=O) groups is 1. The summed E-state index contributed by atoms with van der Waals surface area (Å²) >= 11 is 0. The second-order valence-corrected chi connectivity index (χ2v) is 4.51. The van der Waals surface area contributed by atoms with Gasteiger partial charge in [-0.2, -0.15) is 0 Å². The molecule has 0 atom stereocenters. The van der Waals surface area contributed by atoms with E-state index >= 15 is 0 Å². The minimum absolute atomic E-state index is 0.0863. The lowest BCUT2D eigenvalue weighted by molar-refractivity contribution is -0.116. The Kier molecular flexibility index (Phi) is 5.34. The van der Waals surface area contributed by atoms with Crippen LogP contribution in [0, 0.1) is 0 Å². The van der Waals surface area contributed by atoms with Crippen LogP contribution in [0.3, 0.4) is 0 Å². The van der Waals surface area contributed by atoms with E-state index in [1.165, 1.54) is 0 Å². The molecule has 0 saturated carbocycles. The zero-order valence-electron chi connectivity index (χ0n) is 12.0. The number of rotatable bonds is 7. The molecule has 0 spiro atoms. The third kappa shape index (κ3) is 4.32. The van der Waals surface area contributed by atoms with Crippen LogP contribution in [0.25, 0.3) is 0 Å². The Morgan fingerprint density at radius 1 is 1.48 bits per heavy atom. The van der Waals surface area contributed by atoms with Crippen LogP contribution in [0.15, 0.2) is 36.9 Å². The fourth-order valence-corrected chi connectivity index (χ4v) is 1.95. The molecule has 0 bridgehead atoms. The molecule has 21 heavy (non-hydrogen) atoms. The van der Waals surface area contributed by atoms with Crippen LogP contribution in [0.2, 0.25) is 0 Å². The standard InChI is InChI=1S/C15H19N3O3/c1-2-21-14-4-3-13(9-12(14)10-19)17-15(20)5-7-18-8-6-16-11-18/h3-4,6,8-9,11,19H,2,5,7,10H2,1H3,(H,17,20). The number of imidazole rings is 1. The summed E-state index contributed by atoms with van der Waals surface area (Å²) in [6.45, 7) is 2.86. The van der Waals surface area contributed by atoms with E-state index in [4.69, 9.17) is 4.74 Å². The first-order valence-corrected chi connectivity index (χ1v) is 6.85. The van der Waals surface area contributed by atoms with E-state index in [9.17, 15) is 9.90 Å². The molecule has 1 amide bonds. The molecule has 2 aromatic rings. The first-order valence-electron chi connectivity index (χ1n) is 6.85. The van der Waals surface area contributed by atoms with Gasteiger partial charge in [0.25, 0.3) is 0 Å². The van der Waals surface area contributed by atoms with E-state index < -0.39 is 0 Å². The SMILES string of the molecule is CCOc1ccc(NC(=O)CCn2ccnc2)cc1CO. The van der Waals surface area contributed by atoms with Crippen molar-refractivity contribution in [2.45, 2.75) is 26.5 Å². The zero-order valence-corrected chi connectivity index (χ0v) is 12.0. The topological polar surface area (TPSA) is 76.4 Å². The molecule has 0 fully saturated rings. The van der Waals surface area contributed by atoms with E-state index in [1.807, 2.05) is 17.7 Å². The van der Waals surface area contributed by atoms with Crippen LogP contribution in [0.4, 0.5) is 5.69 Å². The Balaban J connectivity index is 1.93. The van der Waals surface area contributed by atoms with Crippen LogP contribution in [0.5, 0.6) is 5.75 Å². The number of aromatic nitrogens is 2. The molecule has 2 rings (SSSR count). The lowest BCUT2D eigenvalue weighted by atomic mass is 10.2. The van der Waals surface area contributed by atoms with Gasteiger partial charge in [-0.3, -0.25) is 4.79 Å². The van der Waals surface area contributed by atoms with Gasteiger partial charge in [-0.05, 0) is 25.1 Å². The second kappa shape index (κ2) is 7.44. The summed E-state index contributed by atoms with van der Waals surface area (Å²) < 4.78 is 7.25. The van der Waals surface area contributed by atoms with E-state index in [0.717, 1.165) is 0 Å². The average Bonchev–Trinajstić information content (AvgIpc) is 3.00. The van der Waals surface area contributed by atoms with Crippen molar-refractivity contribution in [2.75, 3.05) is 11.9 Å². The Morgan fingerprint density at radius 3 is 3.00 bits per heavy atom. The fourth-order valence-electron chi connectivity index (χ4n) is 1.95. The largest absolute Gasteiger partial charge is 0.494 e. The van der Waals surface area contributed by atoms with Crippen molar-refractivity contribution < 1.29 is 14.6 Å². The molecule has 1 heterocycles. The van der Waals surface area contributed by atoms with Gasteiger partial charge in [-0.1, -0.05) is 0 Å². The van der Waals surface area contributed by atoms with Gasteiger partial charge < -0.3 is 19.7 Å². The van der Waals surface area contributed by atoms with Crippen molar-refractivity contribution in [1.29, 1.82) is 0 Å². The summed E-state index contributed by atoms with van der Waals surface area (Å²) in [5, 5.41) is 12.1. The minimum atomic E-state index is -0.131. The van der Waals surface area contributed by atoms with Crippen molar-refractivity contribution >= 4 is 11.6 Å². The van der Waals surface area contributed by atoms with E-state index in [2.05, 4.69) is 10.3 Å². The van der Waals surface area contributed by atoms with Gasteiger partial charge in [0.05, 0.1) is 19.5 Å². The van der Waals surface area contributed by atoms with Gasteiger partial charge in [0.15, 0.2) is 0 Å². The second-order valence-electron chi connectivity index (χ2n) is 4.51. The summed E-state index contributed by atoms with van der Waals surface area (Å²) in [7, 11) is 0. The van der Waals surface area contributed by atoms with Crippen LogP contribution in [0.1, 0.15) is 18.9 Å². The number of carbonyl (C=O) groups excluding carboxylic acids is 1. The minimum Gasteiger partial charge on any atom is -0.494 e. The number of nitrogens with zero attached hydrogens (tertiary/aromatic N) is 2. The molecule has 0 aliphatic rings. The molecule has 0 saturated heterocycles.